The number of aryl methyl sites for hydroxylation is 2. The fourth-order valence-electron chi connectivity index (χ4n) is 3.04. The monoisotopic (exact) mass is 380 g/mol. The minimum Gasteiger partial charge on any atom is -0.268 e. The molecule has 4 rings (SSSR count). The van der Waals surface area contributed by atoms with Crippen LogP contribution >= 0.6 is 23.5 Å². The van der Waals surface area contributed by atoms with Crippen molar-refractivity contribution in [2.45, 2.75) is 35.6 Å². The Balaban J connectivity index is 1.81. The van der Waals surface area contributed by atoms with E-state index in [2.05, 4.69) is 26.0 Å². The van der Waals surface area contributed by atoms with Crippen molar-refractivity contribution in [2.24, 2.45) is 0 Å². The average Bonchev–Trinajstić information content (AvgIpc) is 3.13. The molecule has 2 aromatic carbocycles. The molecule has 1 aliphatic rings. The Kier molecular flexibility index (Phi) is 4.92. The van der Waals surface area contributed by atoms with Crippen LogP contribution in [0, 0.1) is 6.92 Å². The van der Waals surface area contributed by atoms with E-state index in [9.17, 15) is 4.79 Å². The predicted octanol–water partition coefficient (Wildman–Crippen LogP) is 5.04. The second-order valence-electron chi connectivity index (χ2n) is 6.42. The second-order valence-corrected chi connectivity index (χ2v) is 8.83. The van der Waals surface area contributed by atoms with E-state index in [-0.39, 0.29) is 10.8 Å². The van der Waals surface area contributed by atoms with E-state index in [1.807, 2.05) is 42.5 Å². The highest BCUT2D eigenvalue weighted by molar-refractivity contribution is 7.99. The van der Waals surface area contributed by atoms with Gasteiger partial charge in [0.05, 0.1) is 16.3 Å². The molecule has 3 aromatic rings. The van der Waals surface area contributed by atoms with Crippen molar-refractivity contribution in [3.05, 3.63) is 81.8 Å². The van der Waals surface area contributed by atoms with Crippen molar-refractivity contribution in [3.63, 3.8) is 0 Å². The summed E-state index contributed by atoms with van der Waals surface area (Å²) in [7, 11) is 0. The lowest BCUT2D eigenvalue weighted by atomic mass is 10.2. The third kappa shape index (κ3) is 3.33. The molecule has 1 unspecified atom stereocenters. The third-order valence-electron chi connectivity index (χ3n) is 4.51. The van der Waals surface area contributed by atoms with Crippen LogP contribution in [0.5, 0.6) is 0 Å². The highest BCUT2D eigenvalue weighted by Gasteiger charge is 2.23. The van der Waals surface area contributed by atoms with Gasteiger partial charge in [-0.15, -0.1) is 11.8 Å². The topological polar surface area (TPSA) is 34.9 Å². The number of fused-ring (bicyclic) bond motifs is 1. The Morgan fingerprint density at radius 2 is 1.85 bits per heavy atom. The maximum absolute atomic E-state index is 13.2. The molecule has 3 nitrogen and oxygen atoms in total. The molecule has 1 atom stereocenters. The highest BCUT2D eigenvalue weighted by Crippen LogP contribution is 2.36. The number of hydrogen-bond donors (Lipinski definition) is 0. The molecular formula is C21H20N2OS2. The van der Waals surface area contributed by atoms with Crippen LogP contribution in [0.4, 0.5) is 0 Å². The molecule has 0 bridgehead atoms. The van der Waals surface area contributed by atoms with Crippen molar-refractivity contribution in [3.8, 4) is 5.69 Å². The third-order valence-corrected chi connectivity index (χ3v) is 6.73. The van der Waals surface area contributed by atoms with E-state index < -0.39 is 0 Å². The van der Waals surface area contributed by atoms with E-state index in [0.717, 1.165) is 33.6 Å². The molecule has 0 aliphatic carbocycles. The Hall–Kier alpha value is -1.98. The number of hydrogen-bond acceptors (Lipinski definition) is 4. The molecule has 2 heterocycles. The summed E-state index contributed by atoms with van der Waals surface area (Å²) in [5, 5.41) is 0.989. The van der Waals surface area contributed by atoms with Crippen LogP contribution in [-0.2, 0) is 6.42 Å². The van der Waals surface area contributed by atoms with E-state index in [1.165, 1.54) is 11.1 Å². The molecule has 0 saturated heterocycles. The molecule has 132 valence electrons. The van der Waals surface area contributed by atoms with Crippen LogP contribution in [-0.4, -0.2) is 15.3 Å². The van der Waals surface area contributed by atoms with Crippen LogP contribution < -0.4 is 5.56 Å². The SMILES string of the molecule is Cc1ccc(-n2c(SC(C)c3ccccc3)nc3c(c2=O)SCC3)cc1. The Bertz CT molecular complexity index is 981. The van der Waals surface area contributed by atoms with Crippen LogP contribution in [0.3, 0.4) is 0 Å². The van der Waals surface area contributed by atoms with Crippen LogP contribution in [0.2, 0.25) is 0 Å². The maximum Gasteiger partial charge on any atom is 0.272 e. The van der Waals surface area contributed by atoms with Gasteiger partial charge in [-0.3, -0.25) is 9.36 Å². The molecule has 0 saturated carbocycles. The van der Waals surface area contributed by atoms with Gasteiger partial charge in [-0.2, -0.15) is 0 Å². The average molecular weight is 381 g/mol. The van der Waals surface area contributed by atoms with E-state index >= 15 is 0 Å². The predicted molar refractivity (Wildman–Crippen MR) is 110 cm³/mol. The van der Waals surface area contributed by atoms with Gasteiger partial charge in [0.25, 0.3) is 5.56 Å². The van der Waals surface area contributed by atoms with Crippen molar-refractivity contribution in [2.75, 3.05) is 5.75 Å². The molecular weight excluding hydrogens is 360 g/mol. The van der Waals surface area contributed by atoms with Crippen molar-refractivity contribution < 1.29 is 0 Å². The summed E-state index contributed by atoms with van der Waals surface area (Å²) in [6, 6.07) is 18.4. The van der Waals surface area contributed by atoms with E-state index in [0.29, 0.717) is 0 Å². The van der Waals surface area contributed by atoms with Gasteiger partial charge in [0.1, 0.15) is 0 Å². The first-order valence-corrected chi connectivity index (χ1v) is 10.6. The first-order valence-electron chi connectivity index (χ1n) is 8.71. The van der Waals surface area contributed by atoms with Crippen LogP contribution in [0.25, 0.3) is 5.69 Å². The summed E-state index contributed by atoms with van der Waals surface area (Å²) >= 11 is 3.27. The summed E-state index contributed by atoms with van der Waals surface area (Å²) in [6.45, 7) is 4.21. The first-order chi connectivity index (χ1) is 12.6. The summed E-state index contributed by atoms with van der Waals surface area (Å²) in [5.74, 6) is 0.938. The minimum atomic E-state index is 0.0594. The summed E-state index contributed by atoms with van der Waals surface area (Å²) in [4.78, 5) is 18.9. The smallest absolute Gasteiger partial charge is 0.268 e. The van der Waals surface area contributed by atoms with Crippen molar-refractivity contribution in [1.29, 1.82) is 0 Å². The molecule has 26 heavy (non-hydrogen) atoms. The minimum absolute atomic E-state index is 0.0594. The molecule has 0 N–H and O–H groups in total. The number of rotatable bonds is 4. The Morgan fingerprint density at radius 1 is 1.12 bits per heavy atom. The zero-order valence-corrected chi connectivity index (χ0v) is 16.4. The van der Waals surface area contributed by atoms with Crippen molar-refractivity contribution >= 4 is 23.5 Å². The lowest BCUT2D eigenvalue weighted by Crippen LogP contribution is -2.24. The molecule has 0 radical (unpaired) electrons. The zero-order valence-electron chi connectivity index (χ0n) is 14.8. The van der Waals surface area contributed by atoms with Gasteiger partial charge in [-0.1, -0.05) is 59.8 Å². The number of nitrogens with zero attached hydrogens (tertiary/aromatic N) is 2. The molecule has 0 fully saturated rings. The standard InChI is InChI=1S/C21H20N2OS2/c1-14-8-10-17(11-9-14)23-20(24)19-18(12-13-25-19)22-21(23)26-15(2)16-6-4-3-5-7-16/h3-11,15H,12-13H2,1-2H3. The normalized spacial score (nSPS) is 14.2. The van der Waals surface area contributed by atoms with Crippen LogP contribution in [0.15, 0.2) is 69.4 Å². The number of benzene rings is 2. The first kappa shape index (κ1) is 17.4. The lowest BCUT2D eigenvalue weighted by molar-refractivity contribution is 0.737. The van der Waals surface area contributed by atoms with Gasteiger partial charge in [-0.25, -0.2) is 4.98 Å². The molecule has 0 spiro atoms. The second kappa shape index (κ2) is 7.33. The molecule has 1 aliphatic heterocycles. The number of aromatic nitrogens is 2. The largest absolute Gasteiger partial charge is 0.272 e. The van der Waals surface area contributed by atoms with E-state index in [4.69, 9.17) is 4.98 Å². The van der Waals surface area contributed by atoms with Crippen LogP contribution in [0.1, 0.15) is 29.0 Å². The highest BCUT2D eigenvalue weighted by atomic mass is 32.2. The van der Waals surface area contributed by atoms with Gasteiger partial charge >= 0.3 is 0 Å². The van der Waals surface area contributed by atoms with Gasteiger partial charge in [0.2, 0.25) is 0 Å². The van der Waals surface area contributed by atoms with E-state index in [1.54, 1.807) is 28.1 Å². The van der Waals surface area contributed by atoms with Gasteiger partial charge in [-0.05, 0) is 31.5 Å². The quantitative estimate of drug-likeness (QED) is 0.469. The van der Waals surface area contributed by atoms with Gasteiger partial charge < -0.3 is 0 Å². The summed E-state index contributed by atoms with van der Waals surface area (Å²) < 4.78 is 1.78. The number of thioether (sulfide) groups is 2. The van der Waals surface area contributed by atoms with Crippen molar-refractivity contribution in [1.82, 2.24) is 9.55 Å². The molecule has 1 aromatic heterocycles. The lowest BCUT2D eigenvalue weighted by Gasteiger charge is -2.17. The summed E-state index contributed by atoms with van der Waals surface area (Å²) in [5.41, 5.74) is 4.30. The zero-order chi connectivity index (χ0) is 18.1. The molecule has 5 heteroatoms. The maximum atomic E-state index is 13.2. The Morgan fingerprint density at radius 3 is 2.58 bits per heavy atom. The van der Waals surface area contributed by atoms with Gasteiger partial charge in [0.15, 0.2) is 5.16 Å². The summed E-state index contributed by atoms with van der Waals surface area (Å²) in [6.07, 6.45) is 0.872. The Labute approximate surface area is 161 Å². The van der Waals surface area contributed by atoms with Gasteiger partial charge in [0, 0.05) is 17.4 Å². The molecule has 0 amide bonds. The fraction of sp³-hybridized carbons (Fsp3) is 0.238. The fourth-order valence-corrected chi connectivity index (χ4v) is 5.14.